The molecular formula is C12H20N6O2S. The molecule has 2 N–H and O–H groups in total. The summed E-state index contributed by atoms with van der Waals surface area (Å²) in [5, 5.41) is 11.1. The molecule has 0 amide bonds. The Bertz CT molecular complexity index is 675. The molecule has 8 nitrogen and oxygen atoms in total. The Morgan fingerprint density at radius 3 is 2.43 bits per heavy atom. The van der Waals surface area contributed by atoms with Gasteiger partial charge >= 0.3 is 0 Å². The highest BCUT2D eigenvalue weighted by Crippen LogP contribution is 2.06. The zero-order valence-electron chi connectivity index (χ0n) is 12.2. The molecule has 116 valence electrons. The number of aryl methyl sites for hydroxylation is 1. The van der Waals surface area contributed by atoms with E-state index in [0.29, 0.717) is 13.1 Å². The summed E-state index contributed by atoms with van der Waals surface area (Å²) >= 11 is 0. The van der Waals surface area contributed by atoms with Crippen molar-refractivity contribution in [2.45, 2.75) is 24.9 Å². The van der Waals surface area contributed by atoms with Crippen LogP contribution in [0, 0.1) is 6.92 Å². The first-order chi connectivity index (χ1) is 10.0. The van der Waals surface area contributed by atoms with Crippen molar-refractivity contribution in [2.24, 2.45) is 0 Å². The summed E-state index contributed by atoms with van der Waals surface area (Å²) in [6, 6.07) is 0. The molecule has 0 aromatic carbocycles. The Balaban J connectivity index is 1.90. The van der Waals surface area contributed by atoms with E-state index < -0.39 is 10.0 Å². The Hall–Kier alpha value is -1.71. The summed E-state index contributed by atoms with van der Waals surface area (Å²) in [6.07, 6.45) is 6.48. The van der Waals surface area contributed by atoms with E-state index in [0.717, 1.165) is 12.1 Å². The van der Waals surface area contributed by atoms with Gasteiger partial charge in [-0.25, -0.2) is 13.1 Å². The predicted molar refractivity (Wildman–Crippen MR) is 78.3 cm³/mol. The van der Waals surface area contributed by atoms with Gasteiger partial charge in [0.25, 0.3) is 0 Å². The Morgan fingerprint density at radius 1 is 1.10 bits per heavy atom. The average molecular weight is 312 g/mol. The third-order valence-corrected chi connectivity index (χ3v) is 4.32. The monoisotopic (exact) mass is 312 g/mol. The van der Waals surface area contributed by atoms with E-state index in [-0.39, 0.29) is 11.4 Å². The molecular weight excluding hydrogens is 292 g/mol. The van der Waals surface area contributed by atoms with Gasteiger partial charge in [-0.05, 0) is 19.5 Å². The third kappa shape index (κ3) is 4.38. The summed E-state index contributed by atoms with van der Waals surface area (Å²) in [5.41, 5.74) is 1.05. The van der Waals surface area contributed by atoms with Crippen LogP contribution in [0.3, 0.4) is 0 Å². The van der Waals surface area contributed by atoms with Crippen LogP contribution in [0.5, 0.6) is 0 Å². The minimum absolute atomic E-state index is 0.176. The first-order valence-electron chi connectivity index (χ1n) is 6.67. The van der Waals surface area contributed by atoms with Gasteiger partial charge in [0.1, 0.15) is 4.90 Å². The van der Waals surface area contributed by atoms with Crippen LogP contribution in [0.2, 0.25) is 0 Å². The number of likely N-dealkylation sites (N-methyl/N-ethyl adjacent to an activating group) is 1. The van der Waals surface area contributed by atoms with Gasteiger partial charge in [-0.15, -0.1) is 0 Å². The highest BCUT2D eigenvalue weighted by Gasteiger charge is 2.15. The van der Waals surface area contributed by atoms with E-state index in [2.05, 4.69) is 20.2 Å². The normalized spacial score (nSPS) is 11.9. The number of aromatic nitrogens is 4. The lowest BCUT2D eigenvalue weighted by molar-refractivity contribution is 0.559. The predicted octanol–water partition coefficient (Wildman–Crippen LogP) is -0.414. The molecule has 21 heavy (non-hydrogen) atoms. The molecule has 2 aromatic heterocycles. The van der Waals surface area contributed by atoms with Crippen LogP contribution in [0.4, 0.5) is 0 Å². The number of sulfonamides is 1. The van der Waals surface area contributed by atoms with Crippen molar-refractivity contribution in [3.63, 3.8) is 0 Å². The number of nitrogens with one attached hydrogen (secondary N) is 2. The molecule has 0 fully saturated rings. The van der Waals surface area contributed by atoms with Gasteiger partial charge in [0.2, 0.25) is 10.0 Å². The molecule has 0 saturated carbocycles. The van der Waals surface area contributed by atoms with Crippen molar-refractivity contribution in [1.29, 1.82) is 0 Å². The summed E-state index contributed by atoms with van der Waals surface area (Å²) in [7, 11) is -1.69. The number of hydrogen-bond donors (Lipinski definition) is 2. The zero-order chi connectivity index (χ0) is 15.3. The van der Waals surface area contributed by atoms with E-state index in [1.165, 1.54) is 12.4 Å². The van der Waals surface area contributed by atoms with Crippen LogP contribution in [0.25, 0.3) is 0 Å². The highest BCUT2D eigenvalue weighted by atomic mass is 32.2. The lowest BCUT2D eigenvalue weighted by atomic mass is 10.4. The van der Waals surface area contributed by atoms with Gasteiger partial charge in [0.05, 0.1) is 25.5 Å². The molecule has 2 heterocycles. The average Bonchev–Trinajstić information content (AvgIpc) is 3.06. The fraction of sp³-hybridized carbons (Fsp3) is 0.500. The lowest BCUT2D eigenvalue weighted by Gasteiger charge is -2.05. The second-order valence-electron chi connectivity index (χ2n) is 4.72. The molecule has 2 rings (SSSR count). The highest BCUT2D eigenvalue weighted by molar-refractivity contribution is 7.89. The molecule has 0 aliphatic carbocycles. The summed E-state index contributed by atoms with van der Waals surface area (Å²) in [5.74, 6) is 0. The van der Waals surface area contributed by atoms with Crippen molar-refractivity contribution in [3.8, 4) is 0 Å². The summed E-state index contributed by atoms with van der Waals surface area (Å²) in [6.45, 7) is 4.06. The van der Waals surface area contributed by atoms with Gasteiger partial charge < -0.3 is 5.32 Å². The standard InChI is InChI=1S/C12H20N6O2S/c1-11-7-14-17(9-11)6-4-16-21(19,20)12-8-15-18(10-12)5-3-13-2/h7-10,13,16H,3-6H2,1-2H3. The summed E-state index contributed by atoms with van der Waals surface area (Å²) in [4.78, 5) is 0.176. The van der Waals surface area contributed by atoms with Crippen LogP contribution in [-0.4, -0.2) is 48.1 Å². The molecule has 0 radical (unpaired) electrons. The SMILES string of the molecule is CNCCn1cc(S(=O)(=O)NCCn2cc(C)cn2)cn1. The van der Waals surface area contributed by atoms with Crippen molar-refractivity contribution >= 4 is 10.0 Å². The lowest BCUT2D eigenvalue weighted by Crippen LogP contribution is -2.27. The quantitative estimate of drug-likeness (QED) is 0.691. The van der Waals surface area contributed by atoms with E-state index in [1.54, 1.807) is 15.6 Å². The second kappa shape index (κ2) is 6.83. The van der Waals surface area contributed by atoms with E-state index in [4.69, 9.17) is 0 Å². The fourth-order valence-corrected chi connectivity index (χ4v) is 2.77. The number of hydrogen-bond acceptors (Lipinski definition) is 5. The Labute approximate surface area is 124 Å². The van der Waals surface area contributed by atoms with Crippen LogP contribution >= 0.6 is 0 Å². The van der Waals surface area contributed by atoms with E-state index >= 15 is 0 Å². The smallest absolute Gasteiger partial charge is 0.243 e. The van der Waals surface area contributed by atoms with Gasteiger partial charge in [0, 0.05) is 25.5 Å². The zero-order valence-corrected chi connectivity index (χ0v) is 13.0. The first kappa shape index (κ1) is 15.7. The Kier molecular flexibility index (Phi) is 5.10. The van der Waals surface area contributed by atoms with Crippen LogP contribution < -0.4 is 10.0 Å². The maximum absolute atomic E-state index is 12.1. The molecule has 0 aliphatic rings. The first-order valence-corrected chi connectivity index (χ1v) is 8.15. The number of nitrogens with zero attached hydrogens (tertiary/aromatic N) is 4. The molecule has 0 spiro atoms. The summed E-state index contributed by atoms with van der Waals surface area (Å²) < 4.78 is 30.1. The van der Waals surface area contributed by atoms with E-state index in [1.807, 2.05) is 20.2 Å². The van der Waals surface area contributed by atoms with Gasteiger partial charge in [-0.1, -0.05) is 0 Å². The van der Waals surface area contributed by atoms with Crippen molar-refractivity contribution in [1.82, 2.24) is 29.6 Å². The topological polar surface area (TPSA) is 93.8 Å². The van der Waals surface area contributed by atoms with Crippen molar-refractivity contribution < 1.29 is 8.42 Å². The Morgan fingerprint density at radius 2 is 1.76 bits per heavy atom. The minimum atomic E-state index is -3.52. The molecule has 0 saturated heterocycles. The molecule has 0 aliphatic heterocycles. The van der Waals surface area contributed by atoms with Crippen LogP contribution in [0.15, 0.2) is 29.7 Å². The van der Waals surface area contributed by atoms with Crippen molar-refractivity contribution in [2.75, 3.05) is 20.1 Å². The maximum Gasteiger partial charge on any atom is 0.243 e. The second-order valence-corrected chi connectivity index (χ2v) is 6.49. The largest absolute Gasteiger partial charge is 0.318 e. The van der Waals surface area contributed by atoms with Gasteiger partial charge in [0.15, 0.2) is 0 Å². The fourth-order valence-electron chi connectivity index (χ4n) is 1.80. The van der Waals surface area contributed by atoms with Gasteiger partial charge in [-0.3, -0.25) is 9.36 Å². The maximum atomic E-state index is 12.1. The number of rotatable bonds is 8. The molecule has 0 bridgehead atoms. The molecule has 0 unspecified atom stereocenters. The van der Waals surface area contributed by atoms with E-state index in [9.17, 15) is 8.42 Å². The van der Waals surface area contributed by atoms with Crippen molar-refractivity contribution in [3.05, 3.63) is 30.4 Å². The minimum Gasteiger partial charge on any atom is -0.318 e. The molecule has 9 heteroatoms. The molecule has 2 aromatic rings. The van der Waals surface area contributed by atoms with Crippen LogP contribution in [-0.2, 0) is 23.1 Å². The van der Waals surface area contributed by atoms with Crippen LogP contribution in [0.1, 0.15) is 5.56 Å². The van der Waals surface area contributed by atoms with Gasteiger partial charge in [-0.2, -0.15) is 10.2 Å². The third-order valence-electron chi connectivity index (χ3n) is 2.91. The molecule has 0 atom stereocenters.